The third-order valence-electron chi connectivity index (χ3n) is 7.63. The minimum atomic E-state index is -1.96. The average Bonchev–Trinajstić information content (AvgIpc) is 2.88. The van der Waals surface area contributed by atoms with Crippen LogP contribution in [0.2, 0.25) is 31.2 Å². The molecule has 0 saturated heterocycles. The number of hydrogen-bond donors (Lipinski definition) is 0. The normalized spacial score (nSPS) is 24.8. The minimum Gasteiger partial charge on any atom is -0.411 e. The molecule has 3 nitrogen and oxygen atoms in total. The summed E-state index contributed by atoms with van der Waals surface area (Å²) in [4.78, 5) is 12.9. The van der Waals surface area contributed by atoms with Gasteiger partial charge in [0.2, 0.25) is 9.04 Å². The third kappa shape index (κ3) is 8.01. The molecule has 1 aliphatic rings. The lowest BCUT2D eigenvalue weighted by molar-refractivity contribution is -0.115. The van der Waals surface area contributed by atoms with Crippen LogP contribution in [0.5, 0.6) is 0 Å². The van der Waals surface area contributed by atoms with Gasteiger partial charge in [0.15, 0.2) is 14.1 Å². The quantitative estimate of drug-likeness (QED) is 0.165. The van der Waals surface area contributed by atoms with E-state index in [0.29, 0.717) is 17.9 Å². The zero-order chi connectivity index (χ0) is 25.8. The van der Waals surface area contributed by atoms with Crippen LogP contribution < -0.4 is 0 Å². The van der Waals surface area contributed by atoms with E-state index in [2.05, 4.69) is 100 Å². The minimum absolute atomic E-state index is 0.0201. The largest absolute Gasteiger partial charge is 0.411 e. The number of rotatable bonds is 11. The van der Waals surface area contributed by atoms with Crippen molar-refractivity contribution in [2.24, 2.45) is 17.3 Å². The summed E-state index contributed by atoms with van der Waals surface area (Å²) in [5.74, 6) is 0.804. The zero-order valence-corrected chi connectivity index (χ0v) is 25.9. The van der Waals surface area contributed by atoms with Gasteiger partial charge in [0.05, 0.1) is 6.10 Å². The number of carbonyl (C=O) groups excluding carboxylic acids is 1. The highest BCUT2D eigenvalue weighted by atomic mass is 28.4. The Kier molecular flexibility index (Phi) is 10.6. The van der Waals surface area contributed by atoms with Gasteiger partial charge < -0.3 is 8.85 Å². The third-order valence-corrected chi connectivity index (χ3v) is 12.9. The van der Waals surface area contributed by atoms with Crippen LogP contribution in [0.25, 0.3) is 0 Å². The van der Waals surface area contributed by atoms with E-state index < -0.39 is 23.0 Å². The summed E-state index contributed by atoms with van der Waals surface area (Å²) in [5.41, 5.74) is -0.175. The predicted molar refractivity (Wildman–Crippen MR) is 148 cm³/mol. The molecule has 191 valence electrons. The topological polar surface area (TPSA) is 35.5 Å². The van der Waals surface area contributed by atoms with Crippen molar-refractivity contribution in [3.05, 3.63) is 24.3 Å². The molecule has 33 heavy (non-hydrogen) atoms. The van der Waals surface area contributed by atoms with E-state index in [0.717, 1.165) is 6.42 Å². The van der Waals surface area contributed by atoms with Crippen molar-refractivity contribution in [3.8, 4) is 0 Å². The summed E-state index contributed by atoms with van der Waals surface area (Å²) in [7, 11) is -3.02. The van der Waals surface area contributed by atoms with E-state index in [1.165, 1.54) is 19.3 Å². The molecule has 5 heteroatoms. The SMILES string of the molecule is C=C1C(=O)CC(C(C)(C)C)C1(/C=C/[C@H](CC(C)CCCC)O[Si](C)(C)C(C)(C)C)O[Si](C)C. The molecule has 0 spiro atoms. The molecule has 0 bridgehead atoms. The lowest BCUT2D eigenvalue weighted by Gasteiger charge is -2.43. The van der Waals surface area contributed by atoms with E-state index >= 15 is 0 Å². The first-order chi connectivity index (χ1) is 14.9. The van der Waals surface area contributed by atoms with Gasteiger partial charge in [-0.3, -0.25) is 4.79 Å². The van der Waals surface area contributed by atoms with Gasteiger partial charge in [0.1, 0.15) is 5.60 Å². The van der Waals surface area contributed by atoms with Crippen LogP contribution >= 0.6 is 0 Å². The van der Waals surface area contributed by atoms with Crippen LogP contribution in [-0.2, 0) is 13.6 Å². The summed E-state index contributed by atoms with van der Waals surface area (Å²) in [6, 6.07) is 0. The fraction of sp³-hybridized carbons (Fsp3) is 0.821. The number of unbranched alkanes of at least 4 members (excludes halogenated alkanes) is 1. The molecule has 3 unspecified atom stereocenters. The molecule has 0 amide bonds. The van der Waals surface area contributed by atoms with Crippen LogP contribution in [0, 0.1) is 17.3 Å². The van der Waals surface area contributed by atoms with Gasteiger partial charge in [-0.05, 0) is 49.0 Å². The Labute approximate surface area is 208 Å². The molecule has 0 aliphatic heterocycles. The molecule has 1 saturated carbocycles. The first-order valence-electron chi connectivity index (χ1n) is 13.0. The van der Waals surface area contributed by atoms with Crippen molar-refractivity contribution >= 4 is 23.1 Å². The molecule has 0 aromatic heterocycles. The number of ketones is 1. The zero-order valence-electron chi connectivity index (χ0n) is 23.9. The first-order valence-corrected chi connectivity index (χ1v) is 18.3. The Morgan fingerprint density at radius 1 is 1.21 bits per heavy atom. The smallest absolute Gasteiger partial charge is 0.206 e. The Morgan fingerprint density at radius 2 is 1.79 bits per heavy atom. The van der Waals surface area contributed by atoms with Crippen molar-refractivity contribution in [3.63, 3.8) is 0 Å². The van der Waals surface area contributed by atoms with Crippen LogP contribution in [-0.4, -0.2) is 34.8 Å². The van der Waals surface area contributed by atoms with Crippen LogP contribution in [0.4, 0.5) is 0 Å². The molecule has 4 atom stereocenters. The number of hydrogen-bond acceptors (Lipinski definition) is 3. The number of carbonyl (C=O) groups is 1. The summed E-state index contributed by atoms with van der Waals surface area (Å²) in [6.07, 6.45) is 9.62. The molecule has 0 heterocycles. The van der Waals surface area contributed by atoms with Gasteiger partial charge in [-0.15, -0.1) is 0 Å². The average molecular weight is 494 g/mol. The van der Waals surface area contributed by atoms with Crippen molar-refractivity contribution in [1.82, 2.24) is 0 Å². The summed E-state index contributed by atoms with van der Waals surface area (Å²) in [6.45, 7) is 31.3. The molecule has 0 N–H and O–H groups in total. The maximum atomic E-state index is 12.9. The van der Waals surface area contributed by atoms with Crippen molar-refractivity contribution in [1.29, 1.82) is 0 Å². The van der Waals surface area contributed by atoms with Gasteiger partial charge in [0, 0.05) is 17.9 Å². The maximum absolute atomic E-state index is 12.9. The summed E-state index contributed by atoms with van der Waals surface area (Å²) < 4.78 is 13.6. The maximum Gasteiger partial charge on any atom is 0.206 e. The lowest BCUT2D eigenvalue weighted by Crippen LogP contribution is -2.46. The molecule has 0 aromatic rings. The highest BCUT2D eigenvalue weighted by Crippen LogP contribution is 2.50. The highest BCUT2D eigenvalue weighted by molar-refractivity contribution is 6.74. The monoisotopic (exact) mass is 493 g/mol. The molecule has 1 rings (SSSR count). The Hall–Kier alpha value is -0.496. The molecule has 1 radical (unpaired) electrons. The fourth-order valence-electron chi connectivity index (χ4n) is 4.60. The Morgan fingerprint density at radius 3 is 2.24 bits per heavy atom. The molecule has 1 aliphatic carbocycles. The van der Waals surface area contributed by atoms with Gasteiger partial charge in [-0.25, -0.2) is 0 Å². The molecular formula is C28H53O3Si2. The van der Waals surface area contributed by atoms with Gasteiger partial charge in [-0.2, -0.15) is 0 Å². The second kappa shape index (κ2) is 11.5. The van der Waals surface area contributed by atoms with Gasteiger partial charge >= 0.3 is 0 Å². The van der Waals surface area contributed by atoms with E-state index in [1.54, 1.807) is 0 Å². The Bertz CT molecular complexity index is 697. The lowest BCUT2D eigenvalue weighted by atomic mass is 9.71. The van der Waals surface area contributed by atoms with Crippen molar-refractivity contribution in [2.45, 2.75) is 130 Å². The first kappa shape index (κ1) is 30.5. The summed E-state index contributed by atoms with van der Waals surface area (Å²) in [5, 5.41) is 0.143. The van der Waals surface area contributed by atoms with Crippen LogP contribution in [0.1, 0.15) is 87.5 Å². The van der Waals surface area contributed by atoms with E-state index in [1.807, 2.05) is 0 Å². The predicted octanol–water partition coefficient (Wildman–Crippen LogP) is 8.35. The molecular weight excluding hydrogens is 440 g/mol. The van der Waals surface area contributed by atoms with Gasteiger partial charge in [-0.1, -0.05) is 93.4 Å². The number of Topliss-reactive ketones (excluding diaryl/α,β-unsaturated/α-hetero) is 1. The molecule has 0 aromatic carbocycles. The van der Waals surface area contributed by atoms with E-state index in [-0.39, 0.29) is 28.3 Å². The Balaban J connectivity index is 3.43. The van der Waals surface area contributed by atoms with Crippen LogP contribution in [0.3, 0.4) is 0 Å². The fourth-order valence-corrected chi connectivity index (χ4v) is 6.89. The second-order valence-electron chi connectivity index (χ2n) is 13.1. The van der Waals surface area contributed by atoms with Crippen molar-refractivity contribution < 1.29 is 13.6 Å². The molecule has 1 fully saturated rings. The highest BCUT2D eigenvalue weighted by Gasteiger charge is 2.54. The van der Waals surface area contributed by atoms with Crippen LogP contribution in [0.15, 0.2) is 24.3 Å². The van der Waals surface area contributed by atoms with Gasteiger partial charge in [0.25, 0.3) is 0 Å². The standard InChI is InChI=1S/C28H53O3Si2/c1-14-15-16-21(2)19-23(30-33(12,13)27(7,8)9)17-18-28(31-32(10)11)22(3)24(29)20-25(28)26(4,5)6/h17-18,21,23,25H,3,14-16,19-20H2,1-2,4-13H3/b18-17+/t21?,23-,25?,28?/m1/s1. The van der Waals surface area contributed by atoms with Crippen molar-refractivity contribution in [2.75, 3.05) is 0 Å². The van der Waals surface area contributed by atoms with E-state index in [4.69, 9.17) is 8.85 Å². The summed E-state index contributed by atoms with van der Waals surface area (Å²) >= 11 is 0. The van der Waals surface area contributed by atoms with E-state index in [9.17, 15) is 4.79 Å². The second-order valence-corrected chi connectivity index (χ2v) is 19.9.